The maximum Gasteiger partial charge on any atom is 0.0207 e. The summed E-state index contributed by atoms with van der Waals surface area (Å²) < 4.78 is 0. The highest BCUT2D eigenvalue weighted by Crippen LogP contribution is 2.54. The third-order valence-electron chi connectivity index (χ3n) is 10.3. The molecule has 0 N–H and O–H groups in total. The first kappa shape index (κ1) is 26.8. The SMILES string of the molecule is c1ccc2c(c1)Sc1ccc(-c3c4ccccc4c(-c4ccc5c6c(cccc46)-c4ccccc4S5)c4ccccc34)c3cccc-2c13. The van der Waals surface area contributed by atoms with Crippen LogP contribution in [0.3, 0.4) is 0 Å². The molecule has 0 bridgehead atoms. The predicted molar refractivity (Wildman–Crippen MR) is 206 cm³/mol. The molecule has 9 aromatic carbocycles. The van der Waals surface area contributed by atoms with Crippen molar-refractivity contribution in [2.75, 3.05) is 0 Å². The summed E-state index contributed by atoms with van der Waals surface area (Å²) >= 11 is 3.78. The Hall–Kier alpha value is -5.28. The molecule has 0 nitrogen and oxygen atoms in total. The van der Waals surface area contributed by atoms with Crippen LogP contribution in [0.5, 0.6) is 0 Å². The Balaban J connectivity index is 1.24. The Morgan fingerprint density at radius 3 is 1.02 bits per heavy atom. The molecule has 0 amide bonds. The summed E-state index contributed by atoms with van der Waals surface area (Å²) in [5.41, 5.74) is 10.5. The zero-order valence-corrected chi connectivity index (χ0v) is 27.5. The molecule has 222 valence electrons. The second-order valence-electron chi connectivity index (χ2n) is 12.7. The Morgan fingerprint density at radius 2 is 0.583 bits per heavy atom. The van der Waals surface area contributed by atoms with E-state index in [9.17, 15) is 0 Å². The average molecular weight is 643 g/mol. The van der Waals surface area contributed by atoms with E-state index in [0.29, 0.717) is 0 Å². The second-order valence-corrected chi connectivity index (χ2v) is 14.9. The topological polar surface area (TPSA) is 0 Å². The number of hydrogen-bond acceptors (Lipinski definition) is 2. The monoisotopic (exact) mass is 642 g/mol. The van der Waals surface area contributed by atoms with Crippen LogP contribution in [-0.2, 0) is 0 Å². The van der Waals surface area contributed by atoms with Gasteiger partial charge in [-0.3, -0.25) is 0 Å². The van der Waals surface area contributed by atoms with Gasteiger partial charge in [-0.25, -0.2) is 0 Å². The molecule has 0 atom stereocenters. The fourth-order valence-electron chi connectivity index (χ4n) is 8.31. The van der Waals surface area contributed by atoms with E-state index in [2.05, 4.69) is 158 Å². The zero-order valence-electron chi connectivity index (χ0n) is 25.8. The molecule has 48 heavy (non-hydrogen) atoms. The molecule has 2 heterocycles. The Kier molecular flexibility index (Phi) is 5.63. The molecule has 0 saturated heterocycles. The van der Waals surface area contributed by atoms with Gasteiger partial charge in [0.05, 0.1) is 0 Å². The summed E-state index contributed by atoms with van der Waals surface area (Å²) in [7, 11) is 0. The van der Waals surface area contributed by atoms with E-state index < -0.39 is 0 Å². The summed E-state index contributed by atoms with van der Waals surface area (Å²) in [5.74, 6) is 0. The van der Waals surface area contributed by atoms with E-state index in [1.807, 2.05) is 23.5 Å². The quantitative estimate of drug-likeness (QED) is 0.172. The molecule has 0 unspecified atom stereocenters. The molecule has 2 heteroatoms. The third kappa shape index (κ3) is 3.65. The van der Waals surface area contributed by atoms with Crippen LogP contribution in [0.15, 0.2) is 177 Å². The van der Waals surface area contributed by atoms with Crippen molar-refractivity contribution in [1.82, 2.24) is 0 Å². The molecule has 2 aliphatic heterocycles. The van der Waals surface area contributed by atoms with Crippen LogP contribution in [0.2, 0.25) is 0 Å². The van der Waals surface area contributed by atoms with E-state index >= 15 is 0 Å². The van der Waals surface area contributed by atoms with Crippen molar-refractivity contribution in [3.05, 3.63) is 158 Å². The van der Waals surface area contributed by atoms with E-state index in [4.69, 9.17) is 0 Å². The van der Waals surface area contributed by atoms with Gasteiger partial charge in [0.15, 0.2) is 0 Å². The van der Waals surface area contributed by atoms with E-state index in [1.54, 1.807) is 0 Å². The van der Waals surface area contributed by atoms with Crippen LogP contribution in [0.1, 0.15) is 0 Å². The predicted octanol–water partition coefficient (Wildman–Crippen LogP) is 13.9. The zero-order chi connectivity index (χ0) is 31.3. The summed E-state index contributed by atoms with van der Waals surface area (Å²) in [4.78, 5) is 5.31. The molecule has 0 saturated carbocycles. The van der Waals surface area contributed by atoms with Crippen LogP contribution in [0.25, 0.3) is 87.6 Å². The lowest BCUT2D eigenvalue weighted by molar-refractivity contribution is 1.40. The van der Waals surface area contributed by atoms with Crippen molar-refractivity contribution in [2.24, 2.45) is 0 Å². The van der Waals surface area contributed by atoms with E-state index in [-0.39, 0.29) is 0 Å². The van der Waals surface area contributed by atoms with E-state index in [0.717, 1.165) is 0 Å². The summed E-state index contributed by atoms with van der Waals surface area (Å²) in [6.07, 6.45) is 0. The summed E-state index contributed by atoms with van der Waals surface area (Å²) in [6, 6.07) is 58.9. The first-order valence-electron chi connectivity index (χ1n) is 16.4. The highest BCUT2D eigenvalue weighted by Gasteiger charge is 2.25. The second kappa shape index (κ2) is 10.1. The van der Waals surface area contributed by atoms with Gasteiger partial charge in [0.2, 0.25) is 0 Å². The van der Waals surface area contributed by atoms with Gasteiger partial charge in [0, 0.05) is 30.4 Å². The molecular weight excluding hydrogens is 617 g/mol. The molecular formula is C46H26S2. The van der Waals surface area contributed by atoms with Gasteiger partial charge in [-0.15, -0.1) is 0 Å². The summed E-state index contributed by atoms with van der Waals surface area (Å²) in [5, 5.41) is 10.5. The van der Waals surface area contributed by atoms with Crippen molar-refractivity contribution in [3.63, 3.8) is 0 Å². The molecule has 0 spiro atoms. The minimum atomic E-state index is 1.29. The minimum Gasteiger partial charge on any atom is -0.0888 e. The molecule has 0 radical (unpaired) electrons. The summed E-state index contributed by atoms with van der Waals surface area (Å²) in [6.45, 7) is 0. The van der Waals surface area contributed by atoms with Crippen LogP contribution in [0.4, 0.5) is 0 Å². The lowest BCUT2D eigenvalue weighted by Gasteiger charge is -2.24. The standard InChI is InChI=1S/C46H26S2/c1-2-14-32-31(13-1)43(37-23-25-41-45-29(17-9-19-35(37)45)27-11-5-7-21-39(27)47-41)33-15-3-4-16-34(33)44(32)38-24-26-42-46-30(18-10-20-36(38)46)28-12-6-8-22-40(28)48-42/h1-26H. The maximum atomic E-state index is 2.37. The smallest absolute Gasteiger partial charge is 0.0207 e. The van der Waals surface area contributed by atoms with Gasteiger partial charge in [-0.05, 0) is 101 Å². The van der Waals surface area contributed by atoms with Crippen LogP contribution < -0.4 is 0 Å². The number of hydrogen-bond donors (Lipinski definition) is 0. The Morgan fingerprint density at radius 1 is 0.229 bits per heavy atom. The first-order chi connectivity index (χ1) is 23.8. The highest BCUT2D eigenvalue weighted by molar-refractivity contribution is 8.00. The third-order valence-corrected chi connectivity index (χ3v) is 12.5. The lowest BCUT2D eigenvalue weighted by Crippen LogP contribution is -1.97. The molecule has 2 aliphatic rings. The van der Waals surface area contributed by atoms with Gasteiger partial charge in [-0.1, -0.05) is 157 Å². The number of benzene rings is 9. The van der Waals surface area contributed by atoms with Crippen molar-refractivity contribution in [3.8, 4) is 44.5 Å². The van der Waals surface area contributed by atoms with Gasteiger partial charge < -0.3 is 0 Å². The molecule has 11 rings (SSSR count). The minimum absolute atomic E-state index is 1.29. The van der Waals surface area contributed by atoms with Gasteiger partial charge in [0.25, 0.3) is 0 Å². The fraction of sp³-hybridized carbons (Fsp3) is 0. The normalized spacial score (nSPS) is 12.8. The molecule has 0 aromatic heterocycles. The van der Waals surface area contributed by atoms with Gasteiger partial charge in [0.1, 0.15) is 0 Å². The van der Waals surface area contributed by atoms with E-state index in [1.165, 1.54) is 107 Å². The molecule has 9 aromatic rings. The highest BCUT2D eigenvalue weighted by atomic mass is 32.2. The van der Waals surface area contributed by atoms with Gasteiger partial charge in [-0.2, -0.15) is 0 Å². The maximum absolute atomic E-state index is 2.37. The Bertz CT molecular complexity index is 2590. The van der Waals surface area contributed by atoms with Crippen molar-refractivity contribution >= 4 is 66.6 Å². The molecule has 0 aliphatic carbocycles. The van der Waals surface area contributed by atoms with Crippen LogP contribution in [-0.4, -0.2) is 0 Å². The average Bonchev–Trinajstić information content (AvgIpc) is 3.15. The largest absolute Gasteiger partial charge is 0.0888 e. The van der Waals surface area contributed by atoms with Crippen LogP contribution >= 0.6 is 23.5 Å². The first-order valence-corrected chi connectivity index (χ1v) is 18.1. The fourth-order valence-corrected chi connectivity index (χ4v) is 10.6. The van der Waals surface area contributed by atoms with Crippen molar-refractivity contribution in [1.29, 1.82) is 0 Å². The van der Waals surface area contributed by atoms with Crippen molar-refractivity contribution in [2.45, 2.75) is 19.6 Å². The Labute approximate surface area is 287 Å². The lowest BCUT2D eigenvalue weighted by atomic mass is 9.82. The van der Waals surface area contributed by atoms with Crippen molar-refractivity contribution < 1.29 is 0 Å². The van der Waals surface area contributed by atoms with Crippen LogP contribution in [0, 0.1) is 0 Å². The number of fused-ring (bicyclic) bond motifs is 6. The number of rotatable bonds is 2. The van der Waals surface area contributed by atoms with Gasteiger partial charge >= 0.3 is 0 Å². The molecule has 0 fully saturated rings.